The number of benzene rings is 1. The molecule has 1 aromatic heterocycles. The first-order valence-electron chi connectivity index (χ1n) is 6.91. The molecule has 0 unspecified atom stereocenters. The molecule has 1 aromatic carbocycles. The van der Waals surface area contributed by atoms with E-state index in [1.165, 1.54) is 0 Å². The van der Waals surface area contributed by atoms with Crippen LogP contribution in [0.15, 0.2) is 39.4 Å². The molecule has 0 radical (unpaired) electrons. The molecule has 6 nitrogen and oxygen atoms in total. The zero-order valence-corrected chi connectivity index (χ0v) is 14.3. The minimum Gasteiger partial charge on any atom is -0.444 e. The maximum absolute atomic E-state index is 12.0. The highest BCUT2D eigenvalue weighted by molar-refractivity contribution is 9.10. The van der Waals surface area contributed by atoms with E-state index in [2.05, 4.69) is 26.6 Å². The van der Waals surface area contributed by atoms with Gasteiger partial charge in [0.1, 0.15) is 0 Å². The third-order valence-corrected chi connectivity index (χ3v) is 4.11. The van der Waals surface area contributed by atoms with Crippen LogP contribution in [0.5, 0.6) is 0 Å². The van der Waals surface area contributed by atoms with Crippen LogP contribution in [0.25, 0.3) is 0 Å². The maximum atomic E-state index is 12.0. The molecule has 2 heterocycles. The van der Waals surface area contributed by atoms with Gasteiger partial charge in [-0.2, -0.15) is 0 Å². The number of carbonyl (C=O) groups excluding carboxylic acids is 2. The molecule has 1 saturated heterocycles. The first kappa shape index (κ1) is 15.9. The number of carbonyl (C=O) groups is 2. The highest BCUT2D eigenvalue weighted by Crippen LogP contribution is 2.29. The average Bonchev–Trinajstić information content (AvgIpc) is 2.94. The zero-order chi connectivity index (χ0) is 16.4. The lowest BCUT2D eigenvalue weighted by molar-refractivity contribution is -0.120. The van der Waals surface area contributed by atoms with Crippen molar-refractivity contribution in [1.29, 1.82) is 0 Å². The molecule has 2 aromatic rings. The van der Waals surface area contributed by atoms with Crippen molar-refractivity contribution in [2.75, 3.05) is 29.9 Å². The number of halogens is 2. The predicted octanol–water partition coefficient (Wildman–Crippen LogP) is 2.88. The maximum Gasteiger partial charge on any atom is 0.291 e. The zero-order valence-electron chi connectivity index (χ0n) is 11.9. The molecule has 23 heavy (non-hydrogen) atoms. The van der Waals surface area contributed by atoms with Gasteiger partial charge in [0, 0.05) is 18.8 Å². The lowest BCUT2D eigenvalue weighted by Crippen LogP contribution is -2.47. The quantitative estimate of drug-likeness (QED) is 0.834. The summed E-state index contributed by atoms with van der Waals surface area (Å²) < 4.78 is 5.68. The van der Waals surface area contributed by atoms with E-state index in [9.17, 15) is 9.59 Å². The van der Waals surface area contributed by atoms with E-state index in [-0.39, 0.29) is 24.1 Å². The summed E-state index contributed by atoms with van der Waals surface area (Å²) in [6.07, 6.45) is 0. The minimum absolute atomic E-state index is 0.0342. The Hall–Kier alpha value is -1.99. The molecular formula is C15H13BrClN3O3. The highest BCUT2D eigenvalue weighted by Gasteiger charge is 2.19. The number of amides is 2. The molecule has 1 fully saturated rings. The van der Waals surface area contributed by atoms with Gasteiger partial charge in [0.05, 0.1) is 17.3 Å². The Morgan fingerprint density at radius 1 is 1.35 bits per heavy atom. The number of hydrogen-bond acceptors (Lipinski definition) is 4. The third-order valence-electron chi connectivity index (χ3n) is 3.38. The minimum atomic E-state index is -0.364. The summed E-state index contributed by atoms with van der Waals surface area (Å²) >= 11 is 9.44. The fourth-order valence-corrected chi connectivity index (χ4v) is 2.92. The van der Waals surface area contributed by atoms with E-state index in [1.54, 1.807) is 30.3 Å². The van der Waals surface area contributed by atoms with Gasteiger partial charge in [0.15, 0.2) is 10.4 Å². The number of furan rings is 1. The van der Waals surface area contributed by atoms with Crippen LogP contribution in [0.3, 0.4) is 0 Å². The summed E-state index contributed by atoms with van der Waals surface area (Å²) in [5, 5.41) is 5.95. The Balaban J connectivity index is 1.74. The topological polar surface area (TPSA) is 74.6 Å². The standard InChI is InChI=1S/C15H13BrClN3O3/c16-13-4-3-12(23-13)15(22)19-9-1-2-11(10(17)7-9)20-6-5-18-14(21)8-20/h1-4,7H,5-6,8H2,(H,18,21)(H,19,22). The van der Waals surface area contributed by atoms with Gasteiger partial charge in [0.25, 0.3) is 5.91 Å². The van der Waals surface area contributed by atoms with Gasteiger partial charge in [-0.25, -0.2) is 0 Å². The van der Waals surface area contributed by atoms with Crippen molar-refractivity contribution in [2.24, 2.45) is 0 Å². The molecule has 0 aliphatic carbocycles. The lowest BCUT2D eigenvalue weighted by Gasteiger charge is -2.29. The molecule has 2 N–H and O–H groups in total. The second kappa shape index (κ2) is 6.64. The Labute approximate surface area is 145 Å². The van der Waals surface area contributed by atoms with Crippen LogP contribution < -0.4 is 15.5 Å². The molecule has 8 heteroatoms. The Kier molecular flexibility index (Phi) is 4.58. The van der Waals surface area contributed by atoms with Crippen LogP contribution in [0.4, 0.5) is 11.4 Å². The van der Waals surface area contributed by atoms with Crippen molar-refractivity contribution in [2.45, 2.75) is 0 Å². The third kappa shape index (κ3) is 3.68. The van der Waals surface area contributed by atoms with E-state index < -0.39 is 0 Å². The Morgan fingerprint density at radius 3 is 2.83 bits per heavy atom. The summed E-state index contributed by atoms with van der Waals surface area (Å²) in [7, 11) is 0. The number of nitrogens with zero attached hydrogens (tertiary/aromatic N) is 1. The van der Waals surface area contributed by atoms with E-state index in [0.29, 0.717) is 28.5 Å². The average molecular weight is 399 g/mol. The van der Waals surface area contributed by atoms with Crippen molar-refractivity contribution < 1.29 is 14.0 Å². The molecule has 0 saturated carbocycles. The van der Waals surface area contributed by atoms with E-state index in [0.717, 1.165) is 5.69 Å². The van der Waals surface area contributed by atoms with Crippen molar-refractivity contribution >= 4 is 50.7 Å². The van der Waals surface area contributed by atoms with E-state index in [1.807, 2.05) is 4.90 Å². The van der Waals surface area contributed by atoms with Gasteiger partial charge in [-0.3, -0.25) is 9.59 Å². The summed E-state index contributed by atoms with van der Waals surface area (Å²) in [5.41, 5.74) is 1.32. The highest BCUT2D eigenvalue weighted by atomic mass is 79.9. The Bertz CT molecular complexity index is 762. The van der Waals surface area contributed by atoms with Crippen molar-refractivity contribution in [3.63, 3.8) is 0 Å². The van der Waals surface area contributed by atoms with Gasteiger partial charge < -0.3 is 20.0 Å². The van der Waals surface area contributed by atoms with Gasteiger partial charge in [0.2, 0.25) is 5.91 Å². The van der Waals surface area contributed by atoms with E-state index in [4.69, 9.17) is 16.0 Å². The van der Waals surface area contributed by atoms with Crippen LogP contribution in [0.1, 0.15) is 10.6 Å². The number of anilines is 2. The molecule has 3 rings (SSSR count). The number of nitrogens with one attached hydrogen (secondary N) is 2. The molecular weight excluding hydrogens is 386 g/mol. The van der Waals surface area contributed by atoms with Gasteiger partial charge >= 0.3 is 0 Å². The summed E-state index contributed by atoms with van der Waals surface area (Å²) in [4.78, 5) is 25.4. The second-order valence-electron chi connectivity index (χ2n) is 5.00. The molecule has 1 aliphatic heterocycles. The van der Waals surface area contributed by atoms with Crippen molar-refractivity contribution in [3.05, 3.63) is 45.8 Å². The van der Waals surface area contributed by atoms with Crippen LogP contribution in [-0.4, -0.2) is 31.4 Å². The summed E-state index contributed by atoms with van der Waals surface area (Å²) in [6.45, 7) is 1.55. The number of hydrogen-bond donors (Lipinski definition) is 2. The van der Waals surface area contributed by atoms with Crippen LogP contribution in [-0.2, 0) is 4.79 Å². The van der Waals surface area contributed by atoms with Gasteiger partial charge in [-0.1, -0.05) is 11.6 Å². The summed E-state index contributed by atoms with van der Waals surface area (Å²) in [5.74, 6) is -0.199. The molecule has 2 amide bonds. The monoisotopic (exact) mass is 397 g/mol. The summed E-state index contributed by atoms with van der Waals surface area (Å²) in [6, 6.07) is 8.39. The largest absolute Gasteiger partial charge is 0.444 e. The fraction of sp³-hybridized carbons (Fsp3) is 0.200. The number of piperazine rings is 1. The van der Waals surface area contributed by atoms with Crippen molar-refractivity contribution in [3.8, 4) is 0 Å². The molecule has 0 bridgehead atoms. The number of rotatable bonds is 3. The molecule has 0 spiro atoms. The van der Waals surface area contributed by atoms with Crippen LogP contribution in [0, 0.1) is 0 Å². The Morgan fingerprint density at radius 2 is 2.17 bits per heavy atom. The molecule has 1 aliphatic rings. The lowest BCUT2D eigenvalue weighted by atomic mass is 10.2. The van der Waals surface area contributed by atoms with Crippen molar-refractivity contribution in [1.82, 2.24) is 5.32 Å². The first-order valence-corrected chi connectivity index (χ1v) is 8.08. The molecule has 0 atom stereocenters. The van der Waals surface area contributed by atoms with Gasteiger partial charge in [-0.15, -0.1) is 0 Å². The van der Waals surface area contributed by atoms with Crippen LogP contribution in [0.2, 0.25) is 5.02 Å². The predicted molar refractivity (Wildman–Crippen MR) is 91.0 cm³/mol. The SMILES string of the molecule is O=C1CN(c2ccc(NC(=O)c3ccc(Br)o3)cc2Cl)CCN1. The molecule has 120 valence electrons. The fourth-order valence-electron chi connectivity index (χ4n) is 2.31. The smallest absolute Gasteiger partial charge is 0.291 e. The first-order chi connectivity index (χ1) is 11.0. The van der Waals surface area contributed by atoms with Gasteiger partial charge in [-0.05, 0) is 46.3 Å². The van der Waals surface area contributed by atoms with E-state index >= 15 is 0 Å². The second-order valence-corrected chi connectivity index (χ2v) is 6.18. The normalized spacial score (nSPS) is 14.5. The van der Waals surface area contributed by atoms with Crippen LogP contribution >= 0.6 is 27.5 Å².